The third kappa shape index (κ3) is 2.46. The molecule has 1 heterocycles. The molecule has 0 bridgehead atoms. The van der Waals surface area contributed by atoms with Crippen molar-refractivity contribution in [3.63, 3.8) is 0 Å². The number of piperazine rings is 1. The van der Waals surface area contributed by atoms with Gasteiger partial charge in [0.05, 0.1) is 0 Å². The van der Waals surface area contributed by atoms with Gasteiger partial charge in [-0.05, 0) is 25.2 Å². The summed E-state index contributed by atoms with van der Waals surface area (Å²) < 4.78 is 0. The van der Waals surface area contributed by atoms with Crippen LogP contribution in [0.2, 0.25) is 0 Å². The number of amides is 2. The molecule has 2 aliphatic rings. The lowest BCUT2D eigenvalue weighted by atomic mass is 10.0. The SMILES string of the molecule is CCC1C(=O)NC(C2CC2)C(=O)N1C/C=C/Cl. The molecule has 2 rings (SSSR count). The second-order valence-corrected chi connectivity index (χ2v) is 4.85. The molecule has 17 heavy (non-hydrogen) atoms. The Morgan fingerprint density at radius 2 is 2.18 bits per heavy atom. The first-order chi connectivity index (χ1) is 8.19. The van der Waals surface area contributed by atoms with Gasteiger partial charge in [0, 0.05) is 12.1 Å². The van der Waals surface area contributed by atoms with Crippen LogP contribution in [0.15, 0.2) is 11.6 Å². The maximum Gasteiger partial charge on any atom is 0.246 e. The van der Waals surface area contributed by atoms with E-state index in [0.29, 0.717) is 18.9 Å². The van der Waals surface area contributed by atoms with Crippen LogP contribution in [0.3, 0.4) is 0 Å². The molecule has 1 aliphatic heterocycles. The Bertz CT molecular complexity index is 352. The molecular formula is C12H17ClN2O2. The number of nitrogens with one attached hydrogen (secondary N) is 1. The molecule has 5 heteroatoms. The van der Waals surface area contributed by atoms with Crippen LogP contribution in [0.1, 0.15) is 26.2 Å². The predicted molar refractivity (Wildman–Crippen MR) is 65.4 cm³/mol. The van der Waals surface area contributed by atoms with Crippen LogP contribution < -0.4 is 5.32 Å². The highest BCUT2D eigenvalue weighted by molar-refractivity contribution is 6.25. The lowest BCUT2D eigenvalue weighted by Gasteiger charge is -2.38. The molecule has 2 unspecified atom stereocenters. The average Bonchev–Trinajstić information content (AvgIpc) is 3.13. The van der Waals surface area contributed by atoms with Gasteiger partial charge in [-0.15, -0.1) is 0 Å². The van der Waals surface area contributed by atoms with E-state index in [9.17, 15) is 9.59 Å². The number of halogens is 1. The number of hydrogen-bond donors (Lipinski definition) is 1. The fraction of sp³-hybridized carbons (Fsp3) is 0.667. The van der Waals surface area contributed by atoms with Crippen molar-refractivity contribution in [1.29, 1.82) is 0 Å². The first-order valence-corrected chi connectivity index (χ1v) is 6.48. The Balaban J connectivity index is 2.15. The van der Waals surface area contributed by atoms with E-state index in [1.807, 2.05) is 6.92 Å². The second-order valence-electron chi connectivity index (χ2n) is 4.60. The first-order valence-electron chi connectivity index (χ1n) is 6.05. The smallest absolute Gasteiger partial charge is 0.246 e. The number of hydrogen-bond acceptors (Lipinski definition) is 2. The summed E-state index contributed by atoms with van der Waals surface area (Å²) in [4.78, 5) is 25.8. The van der Waals surface area contributed by atoms with E-state index >= 15 is 0 Å². The Morgan fingerprint density at radius 3 is 2.71 bits per heavy atom. The van der Waals surface area contributed by atoms with Crippen molar-refractivity contribution in [2.45, 2.75) is 38.3 Å². The summed E-state index contributed by atoms with van der Waals surface area (Å²) in [6.45, 7) is 2.32. The molecule has 1 saturated heterocycles. The van der Waals surface area contributed by atoms with Crippen LogP contribution in [0.4, 0.5) is 0 Å². The fourth-order valence-electron chi connectivity index (χ4n) is 2.31. The number of carbonyl (C=O) groups excluding carboxylic acids is 2. The van der Waals surface area contributed by atoms with E-state index in [4.69, 9.17) is 11.6 Å². The van der Waals surface area contributed by atoms with Crippen molar-refractivity contribution in [3.05, 3.63) is 11.6 Å². The molecule has 0 aromatic carbocycles. The molecule has 2 atom stereocenters. The zero-order valence-corrected chi connectivity index (χ0v) is 10.6. The van der Waals surface area contributed by atoms with Gasteiger partial charge in [-0.25, -0.2) is 0 Å². The highest BCUT2D eigenvalue weighted by Gasteiger charge is 2.45. The number of carbonyl (C=O) groups is 2. The summed E-state index contributed by atoms with van der Waals surface area (Å²) in [7, 11) is 0. The summed E-state index contributed by atoms with van der Waals surface area (Å²) in [5.74, 6) is 0.340. The van der Waals surface area contributed by atoms with Crippen molar-refractivity contribution in [3.8, 4) is 0 Å². The Hall–Kier alpha value is -1.03. The van der Waals surface area contributed by atoms with Gasteiger partial charge in [-0.1, -0.05) is 24.6 Å². The van der Waals surface area contributed by atoms with Crippen LogP contribution in [0.25, 0.3) is 0 Å². The van der Waals surface area contributed by atoms with E-state index < -0.39 is 0 Å². The average molecular weight is 257 g/mol. The first kappa shape index (κ1) is 12.4. The zero-order valence-electron chi connectivity index (χ0n) is 9.86. The lowest BCUT2D eigenvalue weighted by molar-refractivity contribution is -0.149. The monoisotopic (exact) mass is 256 g/mol. The minimum absolute atomic E-state index is 0.0352. The minimum Gasteiger partial charge on any atom is -0.342 e. The topological polar surface area (TPSA) is 49.4 Å². The van der Waals surface area contributed by atoms with E-state index in [1.54, 1.807) is 11.0 Å². The standard InChI is InChI=1S/C12H17ClN2O2/c1-2-9-11(16)14-10(8-4-5-8)12(17)15(9)7-3-6-13/h3,6,8-10H,2,4-5,7H2,1H3,(H,14,16)/b6-3+. The van der Waals surface area contributed by atoms with Crippen LogP contribution in [0, 0.1) is 5.92 Å². The number of rotatable bonds is 4. The third-order valence-corrected chi connectivity index (χ3v) is 3.58. The van der Waals surface area contributed by atoms with Crippen molar-refractivity contribution in [2.75, 3.05) is 6.54 Å². The van der Waals surface area contributed by atoms with Gasteiger partial charge in [0.1, 0.15) is 12.1 Å². The van der Waals surface area contributed by atoms with Gasteiger partial charge in [0.2, 0.25) is 11.8 Å². The maximum absolute atomic E-state index is 12.3. The molecule has 2 fully saturated rings. The Morgan fingerprint density at radius 1 is 1.47 bits per heavy atom. The summed E-state index contributed by atoms with van der Waals surface area (Å²) in [5.41, 5.74) is 1.39. The molecule has 0 spiro atoms. The van der Waals surface area contributed by atoms with Gasteiger partial charge in [-0.3, -0.25) is 9.59 Å². The van der Waals surface area contributed by atoms with Gasteiger partial charge in [0.15, 0.2) is 0 Å². The van der Waals surface area contributed by atoms with Crippen molar-refractivity contribution >= 4 is 23.4 Å². The maximum atomic E-state index is 12.3. The quantitative estimate of drug-likeness (QED) is 0.823. The van der Waals surface area contributed by atoms with E-state index in [1.165, 1.54) is 5.54 Å². The summed E-state index contributed by atoms with van der Waals surface area (Å²) >= 11 is 5.49. The Labute approximate surface area is 106 Å². The second kappa shape index (κ2) is 5.08. The summed E-state index contributed by atoms with van der Waals surface area (Å²) in [6, 6.07) is -0.667. The van der Waals surface area contributed by atoms with E-state index in [-0.39, 0.29) is 23.9 Å². The van der Waals surface area contributed by atoms with Crippen LogP contribution in [-0.2, 0) is 9.59 Å². The summed E-state index contributed by atoms with van der Waals surface area (Å²) in [6.07, 6.45) is 4.40. The van der Waals surface area contributed by atoms with Crippen LogP contribution in [-0.4, -0.2) is 35.3 Å². The van der Waals surface area contributed by atoms with Gasteiger partial charge in [-0.2, -0.15) is 0 Å². The molecule has 1 saturated carbocycles. The largest absolute Gasteiger partial charge is 0.342 e. The van der Waals surface area contributed by atoms with Crippen LogP contribution in [0.5, 0.6) is 0 Å². The lowest BCUT2D eigenvalue weighted by Crippen LogP contribution is -2.63. The van der Waals surface area contributed by atoms with E-state index in [2.05, 4.69) is 5.32 Å². The fourth-order valence-corrected chi connectivity index (χ4v) is 2.39. The Kier molecular flexibility index (Phi) is 3.72. The highest BCUT2D eigenvalue weighted by atomic mass is 35.5. The number of nitrogens with zero attached hydrogens (tertiary/aromatic N) is 1. The molecule has 0 radical (unpaired) electrons. The van der Waals surface area contributed by atoms with Crippen LogP contribution >= 0.6 is 11.6 Å². The normalized spacial score (nSPS) is 29.9. The molecule has 2 amide bonds. The highest BCUT2D eigenvalue weighted by Crippen LogP contribution is 2.35. The molecule has 94 valence electrons. The molecule has 1 aliphatic carbocycles. The van der Waals surface area contributed by atoms with Crippen molar-refractivity contribution in [1.82, 2.24) is 10.2 Å². The minimum atomic E-state index is -0.356. The van der Waals surface area contributed by atoms with Crippen molar-refractivity contribution < 1.29 is 9.59 Å². The van der Waals surface area contributed by atoms with Gasteiger partial charge in [0.25, 0.3) is 0 Å². The molecule has 0 aromatic heterocycles. The molecule has 0 aromatic rings. The third-order valence-electron chi connectivity index (χ3n) is 3.40. The molecule has 4 nitrogen and oxygen atoms in total. The van der Waals surface area contributed by atoms with Gasteiger partial charge >= 0.3 is 0 Å². The molecule has 1 N–H and O–H groups in total. The van der Waals surface area contributed by atoms with E-state index in [0.717, 1.165) is 12.8 Å². The van der Waals surface area contributed by atoms with Crippen molar-refractivity contribution in [2.24, 2.45) is 5.92 Å². The van der Waals surface area contributed by atoms with Gasteiger partial charge < -0.3 is 10.2 Å². The zero-order chi connectivity index (χ0) is 12.4. The predicted octanol–water partition coefficient (Wildman–Crippen LogP) is 1.25. The summed E-state index contributed by atoms with van der Waals surface area (Å²) in [5, 5.41) is 2.85. The molecular weight excluding hydrogens is 240 g/mol.